The Morgan fingerprint density at radius 2 is 2.05 bits per heavy atom. The Morgan fingerprint density at radius 1 is 1.24 bits per heavy atom. The second-order valence-electron chi connectivity index (χ2n) is 5.59. The molecule has 5 heteroatoms. The number of hydrogen-bond acceptors (Lipinski definition) is 2. The monoisotopic (exact) mass is 329 g/mol. The van der Waals surface area contributed by atoms with E-state index in [1.54, 1.807) is 0 Å². The quantitative estimate of drug-likeness (QED) is 0.793. The molecule has 0 saturated carbocycles. The number of hydrogen-bond donors (Lipinski definition) is 1. The summed E-state index contributed by atoms with van der Waals surface area (Å²) in [5.74, 6) is -0.681. The molecular weight excluding hydrogens is 309 g/mol. The highest BCUT2D eigenvalue weighted by atomic mass is 35.5. The fourth-order valence-electron chi connectivity index (χ4n) is 2.88. The molecule has 1 aliphatic rings. The molecule has 0 spiro atoms. The number of piperidine rings is 1. The standard InChI is InChI=1S/C16H21Cl2NO2/c17-13-8-7-12(11-14(13)18)5-1-3-9-19-10-4-2-6-15(19)16(20)21/h7-8,11,15H,1-6,9-10H2,(H,20,21). The van der Waals surface area contributed by atoms with Crippen LogP contribution in [0.5, 0.6) is 0 Å². The molecule has 116 valence electrons. The van der Waals surface area contributed by atoms with Gasteiger partial charge in [-0.2, -0.15) is 0 Å². The molecule has 1 fully saturated rings. The van der Waals surface area contributed by atoms with Crippen LogP contribution in [0.25, 0.3) is 0 Å². The van der Waals surface area contributed by atoms with Crippen molar-refractivity contribution in [3.63, 3.8) is 0 Å². The van der Waals surface area contributed by atoms with E-state index in [4.69, 9.17) is 23.2 Å². The molecule has 0 amide bonds. The SMILES string of the molecule is O=C(O)C1CCCCN1CCCCc1ccc(Cl)c(Cl)c1. The summed E-state index contributed by atoms with van der Waals surface area (Å²) in [6, 6.07) is 5.44. The van der Waals surface area contributed by atoms with Crippen LogP contribution in [0.4, 0.5) is 0 Å². The van der Waals surface area contributed by atoms with E-state index < -0.39 is 5.97 Å². The van der Waals surface area contributed by atoms with E-state index in [9.17, 15) is 9.90 Å². The summed E-state index contributed by atoms with van der Waals surface area (Å²) >= 11 is 11.9. The molecule has 0 radical (unpaired) electrons. The fraction of sp³-hybridized carbons (Fsp3) is 0.562. The molecule has 0 aliphatic carbocycles. The first-order valence-corrected chi connectivity index (χ1v) is 8.24. The van der Waals surface area contributed by atoms with E-state index in [0.29, 0.717) is 10.0 Å². The lowest BCUT2D eigenvalue weighted by Gasteiger charge is -2.32. The van der Waals surface area contributed by atoms with E-state index >= 15 is 0 Å². The average Bonchev–Trinajstić information content (AvgIpc) is 2.47. The van der Waals surface area contributed by atoms with Crippen LogP contribution in [0.2, 0.25) is 10.0 Å². The van der Waals surface area contributed by atoms with Crippen molar-refractivity contribution in [3.8, 4) is 0 Å². The molecule has 0 aromatic heterocycles. The summed E-state index contributed by atoms with van der Waals surface area (Å²) < 4.78 is 0. The summed E-state index contributed by atoms with van der Waals surface area (Å²) in [6.07, 6.45) is 5.89. The van der Waals surface area contributed by atoms with E-state index in [2.05, 4.69) is 4.90 Å². The van der Waals surface area contributed by atoms with Gasteiger partial charge in [0.15, 0.2) is 0 Å². The molecule has 0 bridgehead atoms. The zero-order chi connectivity index (χ0) is 15.2. The number of halogens is 2. The molecule has 1 atom stereocenters. The lowest BCUT2D eigenvalue weighted by Crippen LogP contribution is -2.44. The van der Waals surface area contributed by atoms with Gasteiger partial charge in [-0.25, -0.2) is 0 Å². The minimum atomic E-state index is -0.681. The number of carboxylic acid groups (broad SMARTS) is 1. The molecule has 1 heterocycles. The third kappa shape index (κ3) is 4.87. The van der Waals surface area contributed by atoms with Gasteiger partial charge in [0.2, 0.25) is 0 Å². The number of aliphatic carboxylic acids is 1. The van der Waals surface area contributed by atoms with Crippen molar-refractivity contribution in [2.24, 2.45) is 0 Å². The zero-order valence-electron chi connectivity index (χ0n) is 12.0. The van der Waals surface area contributed by atoms with Crippen LogP contribution in [-0.2, 0) is 11.2 Å². The molecule has 1 aromatic rings. The lowest BCUT2D eigenvalue weighted by molar-refractivity contribution is -0.144. The molecule has 1 unspecified atom stereocenters. The van der Waals surface area contributed by atoms with Gasteiger partial charge in [0, 0.05) is 0 Å². The summed E-state index contributed by atoms with van der Waals surface area (Å²) in [7, 11) is 0. The van der Waals surface area contributed by atoms with Crippen LogP contribution in [-0.4, -0.2) is 35.1 Å². The average molecular weight is 330 g/mol. The molecule has 1 aromatic carbocycles. The highest BCUT2D eigenvalue weighted by molar-refractivity contribution is 6.42. The van der Waals surface area contributed by atoms with Crippen LogP contribution in [0.15, 0.2) is 18.2 Å². The van der Waals surface area contributed by atoms with Crippen LogP contribution in [0.3, 0.4) is 0 Å². The molecular formula is C16H21Cl2NO2. The van der Waals surface area contributed by atoms with Gasteiger partial charge in [-0.1, -0.05) is 35.7 Å². The Hall–Kier alpha value is -0.770. The van der Waals surface area contributed by atoms with Crippen molar-refractivity contribution in [1.82, 2.24) is 4.90 Å². The van der Waals surface area contributed by atoms with Gasteiger partial charge in [-0.3, -0.25) is 9.69 Å². The largest absolute Gasteiger partial charge is 0.480 e. The van der Waals surface area contributed by atoms with E-state index in [-0.39, 0.29) is 6.04 Å². The van der Waals surface area contributed by atoms with Crippen molar-refractivity contribution < 1.29 is 9.90 Å². The predicted molar refractivity (Wildman–Crippen MR) is 86.2 cm³/mol. The normalized spacial score (nSPS) is 19.6. The molecule has 1 N–H and O–H groups in total. The maximum absolute atomic E-state index is 11.2. The van der Waals surface area contributed by atoms with Crippen LogP contribution >= 0.6 is 23.2 Å². The Bertz CT molecular complexity index is 493. The van der Waals surface area contributed by atoms with Crippen molar-refractivity contribution in [2.75, 3.05) is 13.1 Å². The third-order valence-corrected chi connectivity index (χ3v) is 4.78. The summed E-state index contributed by atoms with van der Waals surface area (Å²) in [5.41, 5.74) is 1.18. The number of carbonyl (C=O) groups is 1. The number of rotatable bonds is 6. The highest BCUT2D eigenvalue weighted by Gasteiger charge is 2.27. The molecule has 1 saturated heterocycles. The fourth-order valence-corrected chi connectivity index (χ4v) is 3.20. The minimum Gasteiger partial charge on any atom is -0.480 e. The molecule has 21 heavy (non-hydrogen) atoms. The van der Waals surface area contributed by atoms with Crippen LogP contribution in [0, 0.1) is 0 Å². The minimum absolute atomic E-state index is 0.288. The first-order chi connectivity index (χ1) is 10.1. The second kappa shape index (κ2) is 8.02. The highest BCUT2D eigenvalue weighted by Crippen LogP contribution is 2.23. The summed E-state index contributed by atoms with van der Waals surface area (Å²) in [4.78, 5) is 13.3. The van der Waals surface area contributed by atoms with Crippen molar-refractivity contribution in [1.29, 1.82) is 0 Å². The number of nitrogens with zero attached hydrogens (tertiary/aromatic N) is 1. The maximum Gasteiger partial charge on any atom is 0.320 e. The second-order valence-corrected chi connectivity index (χ2v) is 6.41. The Kier molecular flexibility index (Phi) is 6.34. The topological polar surface area (TPSA) is 40.5 Å². The van der Waals surface area contributed by atoms with Gasteiger partial charge in [0.1, 0.15) is 6.04 Å². The lowest BCUT2D eigenvalue weighted by atomic mass is 10.0. The Balaban J connectivity index is 1.75. The van der Waals surface area contributed by atoms with Gasteiger partial charge >= 0.3 is 5.97 Å². The van der Waals surface area contributed by atoms with Gasteiger partial charge in [0.05, 0.1) is 10.0 Å². The van der Waals surface area contributed by atoms with E-state index in [1.165, 1.54) is 5.56 Å². The van der Waals surface area contributed by atoms with Crippen molar-refractivity contribution >= 4 is 29.2 Å². The van der Waals surface area contributed by atoms with Crippen molar-refractivity contribution in [2.45, 2.75) is 44.6 Å². The number of carboxylic acids is 1. The third-order valence-electron chi connectivity index (χ3n) is 4.04. The van der Waals surface area contributed by atoms with E-state index in [1.807, 2.05) is 18.2 Å². The Morgan fingerprint density at radius 3 is 2.76 bits per heavy atom. The first kappa shape index (κ1) is 16.6. The maximum atomic E-state index is 11.2. The van der Waals surface area contributed by atoms with Crippen LogP contribution < -0.4 is 0 Å². The van der Waals surface area contributed by atoms with Gasteiger partial charge < -0.3 is 5.11 Å². The number of benzene rings is 1. The van der Waals surface area contributed by atoms with Crippen LogP contribution in [0.1, 0.15) is 37.7 Å². The number of unbranched alkanes of at least 4 members (excludes halogenated alkanes) is 1. The van der Waals surface area contributed by atoms with Gasteiger partial charge in [-0.05, 0) is 62.9 Å². The predicted octanol–water partition coefficient (Wildman–Crippen LogP) is 4.26. The Labute approximate surface area is 135 Å². The first-order valence-electron chi connectivity index (χ1n) is 7.48. The summed E-state index contributed by atoms with van der Waals surface area (Å²) in [6.45, 7) is 1.77. The number of aryl methyl sites for hydroxylation is 1. The van der Waals surface area contributed by atoms with Gasteiger partial charge in [-0.15, -0.1) is 0 Å². The molecule has 2 rings (SSSR count). The smallest absolute Gasteiger partial charge is 0.320 e. The van der Waals surface area contributed by atoms with E-state index in [0.717, 1.165) is 51.6 Å². The van der Waals surface area contributed by atoms with Gasteiger partial charge in [0.25, 0.3) is 0 Å². The molecule has 1 aliphatic heterocycles. The zero-order valence-corrected chi connectivity index (χ0v) is 13.5. The molecule has 3 nitrogen and oxygen atoms in total. The van der Waals surface area contributed by atoms with Crippen molar-refractivity contribution in [3.05, 3.63) is 33.8 Å². The summed E-state index contributed by atoms with van der Waals surface area (Å²) in [5, 5.41) is 10.4. The number of likely N-dealkylation sites (tertiary alicyclic amines) is 1.